The normalized spacial score (nSPS) is 20.8. The Morgan fingerprint density at radius 2 is 1.92 bits per heavy atom. The number of rotatable bonds is 4. The van der Waals surface area contributed by atoms with Crippen LogP contribution in [0.4, 0.5) is 0 Å². The van der Waals surface area contributed by atoms with Gasteiger partial charge < -0.3 is 30.9 Å². The number of nitrogens with zero attached hydrogens (tertiary/aromatic N) is 1. The van der Waals surface area contributed by atoms with E-state index in [4.69, 9.17) is 9.47 Å². The second-order valence-electron chi connectivity index (χ2n) is 3.75. The van der Waals surface area contributed by atoms with Crippen molar-refractivity contribution < 1.29 is 30.9 Å². The maximum absolute atomic E-state index is 5.32. The summed E-state index contributed by atoms with van der Waals surface area (Å²) < 4.78 is 11.5. The average molecular weight is 254 g/mol. The van der Waals surface area contributed by atoms with Crippen LogP contribution in [0.3, 0.4) is 0 Å². The van der Waals surface area contributed by atoms with E-state index >= 15 is 0 Å². The molecule has 0 aliphatic carbocycles. The van der Waals surface area contributed by atoms with Gasteiger partial charge >= 0.3 is 0 Å². The van der Waals surface area contributed by atoms with Crippen molar-refractivity contribution in [1.82, 2.24) is 0 Å². The number of ether oxygens (including phenoxy) is 2. The molecule has 0 radical (unpaired) electrons. The Morgan fingerprint density at radius 1 is 1.31 bits per heavy atom. The molecule has 0 N–H and O–H groups in total. The number of halogens is 1. The summed E-state index contributed by atoms with van der Waals surface area (Å²) in [6.45, 7) is 6.26. The Labute approximate surface area is 91.4 Å². The predicted molar refractivity (Wildman–Crippen MR) is 48.1 cm³/mol. The maximum Gasteiger partial charge on any atom is 0.102 e. The van der Waals surface area contributed by atoms with Crippen molar-refractivity contribution in [3.8, 4) is 0 Å². The number of quaternary nitrogens is 1. The summed E-state index contributed by atoms with van der Waals surface area (Å²) in [7, 11) is 4.07. The highest BCUT2D eigenvalue weighted by Crippen LogP contribution is 2.08. The SMILES string of the molecule is COCCC[N+]1(C)CCOCC1.[Br-]. The number of methoxy groups -OCH3 is 1. The standard InChI is InChI=1S/C9H20NO2.BrH/c1-10(4-3-7-11-2)5-8-12-9-6-10;/h3-9H2,1-2H3;1H/q+1;/p-1. The third kappa shape index (κ3) is 4.96. The molecule has 0 aromatic rings. The van der Waals surface area contributed by atoms with E-state index in [0.717, 1.165) is 43.8 Å². The molecule has 1 aliphatic heterocycles. The highest BCUT2D eigenvalue weighted by molar-refractivity contribution is 4.47. The van der Waals surface area contributed by atoms with Gasteiger partial charge in [-0.25, -0.2) is 0 Å². The van der Waals surface area contributed by atoms with E-state index in [-0.39, 0.29) is 17.0 Å². The topological polar surface area (TPSA) is 18.5 Å². The molecule has 0 bridgehead atoms. The third-order valence-electron chi connectivity index (χ3n) is 2.60. The molecule has 0 aromatic carbocycles. The van der Waals surface area contributed by atoms with Gasteiger partial charge in [0.15, 0.2) is 0 Å². The molecule has 0 aromatic heterocycles. The fourth-order valence-corrected chi connectivity index (χ4v) is 1.60. The third-order valence-corrected chi connectivity index (χ3v) is 2.60. The monoisotopic (exact) mass is 253 g/mol. The van der Waals surface area contributed by atoms with E-state index in [1.54, 1.807) is 7.11 Å². The summed E-state index contributed by atoms with van der Waals surface area (Å²) in [6, 6.07) is 0. The first kappa shape index (κ1) is 13.4. The molecule has 1 rings (SSSR count). The molecule has 0 spiro atoms. The summed E-state index contributed by atoms with van der Waals surface area (Å²) in [6.07, 6.45) is 1.16. The lowest BCUT2D eigenvalue weighted by atomic mass is 10.3. The highest BCUT2D eigenvalue weighted by atomic mass is 79.9. The first-order valence-electron chi connectivity index (χ1n) is 4.67. The van der Waals surface area contributed by atoms with Gasteiger partial charge in [0.2, 0.25) is 0 Å². The van der Waals surface area contributed by atoms with E-state index in [2.05, 4.69) is 7.05 Å². The van der Waals surface area contributed by atoms with Crippen LogP contribution in [0.1, 0.15) is 6.42 Å². The van der Waals surface area contributed by atoms with E-state index < -0.39 is 0 Å². The Bertz CT molecular complexity index is 127. The van der Waals surface area contributed by atoms with Crippen LogP contribution in [-0.2, 0) is 9.47 Å². The van der Waals surface area contributed by atoms with Gasteiger partial charge in [-0.05, 0) is 0 Å². The number of morpholine rings is 1. The quantitative estimate of drug-likeness (QED) is 0.408. The molecule has 0 amide bonds. The second kappa shape index (κ2) is 6.76. The van der Waals surface area contributed by atoms with Crippen LogP contribution < -0.4 is 17.0 Å². The zero-order valence-electron chi connectivity index (χ0n) is 8.59. The van der Waals surface area contributed by atoms with Crippen molar-refractivity contribution in [3.63, 3.8) is 0 Å². The average Bonchev–Trinajstić information content (AvgIpc) is 2.06. The van der Waals surface area contributed by atoms with Crippen LogP contribution >= 0.6 is 0 Å². The predicted octanol–water partition coefficient (Wildman–Crippen LogP) is -2.50. The van der Waals surface area contributed by atoms with Crippen LogP contribution in [0, 0.1) is 0 Å². The molecule has 0 saturated carbocycles. The van der Waals surface area contributed by atoms with Crippen LogP contribution in [-0.4, -0.2) is 58.1 Å². The first-order valence-corrected chi connectivity index (χ1v) is 4.67. The Balaban J connectivity index is 0.00000144. The van der Waals surface area contributed by atoms with E-state index in [9.17, 15) is 0 Å². The fourth-order valence-electron chi connectivity index (χ4n) is 1.60. The van der Waals surface area contributed by atoms with Crippen molar-refractivity contribution in [3.05, 3.63) is 0 Å². The molecule has 1 heterocycles. The van der Waals surface area contributed by atoms with E-state index in [0.29, 0.717) is 0 Å². The molecule has 0 atom stereocenters. The largest absolute Gasteiger partial charge is 1.00 e. The van der Waals surface area contributed by atoms with Gasteiger partial charge in [0, 0.05) is 13.5 Å². The molecule has 13 heavy (non-hydrogen) atoms. The molecule has 3 nitrogen and oxygen atoms in total. The summed E-state index contributed by atoms with van der Waals surface area (Å²) in [5.41, 5.74) is 0. The number of hydrogen-bond acceptors (Lipinski definition) is 2. The summed E-state index contributed by atoms with van der Waals surface area (Å²) in [5.74, 6) is 0. The van der Waals surface area contributed by atoms with Gasteiger partial charge in [-0.1, -0.05) is 0 Å². The Morgan fingerprint density at radius 3 is 2.46 bits per heavy atom. The van der Waals surface area contributed by atoms with E-state index in [1.807, 2.05) is 0 Å². The molecular formula is C9H20BrNO2. The van der Waals surface area contributed by atoms with Gasteiger partial charge in [-0.15, -0.1) is 0 Å². The maximum atomic E-state index is 5.32. The molecule has 1 fully saturated rings. The van der Waals surface area contributed by atoms with Gasteiger partial charge in [-0.2, -0.15) is 0 Å². The zero-order valence-corrected chi connectivity index (χ0v) is 10.2. The Hall–Kier alpha value is 0.360. The summed E-state index contributed by atoms with van der Waals surface area (Å²) in [5, 5.41) is 0. The van der Waals surface area contributed by atoms with Crippen molar-refractivity contribution >= 4 is 0 Å². The minimum atomic E-state index is 0. The van der Waals surface area contributed by atoms with Crippen LogP contribution in [0.2, 0.25) is 0 Å². The molecule has 1 aliphatic rings. The van der Waals surface area contributed by atoms with Gasteiger partial charge in [0.1, 0.15) is 13.1 Å². The molecule has 0 unspecified atom stereocenters. The molecule has 1 saturated heterocycles. The van der Waals surface area contributed by atoms with Crippen molar-refractivity contribution in [2.45, 2.75) is 6.42 Å². The summed E-state index contributed by atoms with van der Waals surface area (Å²) in [4.78, 5) is 0. The molecular weight excluding hydrogens is 234 g/mol. The second-order valence-corrected chi connectivity index (χ2v) is 3.75. The lowest BCUT2D eigenvalue weighted by molar-refractivity contribution is -0.917. The smallest absolute Gasteiger partial charge is 0.102 e. The minimum absolute atomic E-state index is 0. The zero-order chi connectivity index (χ0) is 8.86. The number of hydrogen-bond donors (Lipinski definition) is 0. The van der Waals surface area contributed by atoms with Crippen molar-refractivity contribution in [1.29, 1.82) is 0 Å². The van der Waals surface area contributed by atoms with Crippen LogP contribution in [0.15, 0.2) is 0 Å². The minimum Gasteiger partial charge on any atom is -1.00 e. The van der Waals surface area contributed by atoms with E-state index in [1.165, 1.54) is 6.54 Å². The van der Waals surface area contributed by atoms with Crippen LogP contribution in [0.25, 0.3) is 0 Å². The molecule has 4 heteroatoms. The Kier molecular flexibility index (Phi) is 6.95. The van der Waals surface area contributed by atoms with Crippen molar-refractivity contribution in [2.24, 2.45) is 0 Å². The lowest BCUT2D eigenvalue weighted by Gasteiger charge is -2.37. The highest BCUT2D eigenvalue weighted by Gasteiger charge is 2.23. The van der Waals surface area contributed by atoms with Crippen LogP contribution in [0.5, 0.6) is 0 Å². The number of likely N-dealkylation sites (N-methyl/N-ethyl adjacent to an activating group) is 1. The molecule has 80 valence electrons. The fraction of sp³-hybridized carbons (Fsp3) is 1.00. The van der Waals surface area contributed by atoms with Gasteiger partial charge in [0.25, 0.3) is 0 Å². The van der Waals surface area contributed by atoms with Gasteiger partial charge in [0.05, 0.1) is 33.4 Å². The van der Waals surface area contributed by atoms with Crippen molar-refractivity contribution in [2.75, 3.05) is 53.6 Å². The lowest BCUT2D eigenvalue weighted by Crippen LogP contribution is -3.00. The van der Waals surface area contributed by atoms with Gasteiger partial charge in [-0.3, -0.25) is 0 Å². The summed E-state index contributed by atoms with van der Waals surface area (Å²) >= 11 is 0. The first-order chi connectivity index (χ1) is 5.77.